The van der Waals surface area contributed by atoms with Gasteiger partial charge in [0.2, 0.25) is 5.88 Å². The first-order valence-corrected chi connectivity index (χ1v) is 16.3. The molecule has 1 aromatic heterocycles. The average Bonchev–Trinajstić information content (AvgIpc) is 3.01. The molecule has 0 atom stereocenters. The first-order chi connectivity index (χ1) is 21.3. The van der Waals surface area contributed by atoms with Crippen LogP contribution in [0.5, 0.6) is 5.88 Å². The monoisotopic (exact) mass is 657 g/mol. The summed E-state index contributed by atoms with van der Waals surface area (Å²) in [5.74, 6) is -0.474. The summed E-state index contributed by atoms with van der Waals surface area (Å²) >= 11 is 0. The molecule has 5 rings (SSSR count). The number of aromatic nitrogens is 2. The largest absolute Gasteiger partial charge is 0.416 e. The first-order valence-electron chi connectivity index (χ1n) is 13.4. The Morgan fingerprint density at radius 3 is 2.07 bits per heavy atom. The molecule has 0 aliphatic carbocycles. The minimum absolute atomic E-state index is 0.165. The van der Waals surface area contributed by atoms with Crippen molar-refractivity contribution in [1.29, 1.82) is 0 Å². The molecule has 3 aromatic carbocycles. The summed E-state index contributed by atoms with van der Waals surface area (Å²) in [5.41, 5.74) is -1.68. The summed E-state index contributed by atoms with van der Waals surface area (Å²) < 4.78 is 80.6. The fraction of sp³-hybridized carbons (Fsp3) is 0.207. The molecule has 0 spiro atoms. The third-order valence-electron chi connectivity index (χ3n) is 7.02. The van der Waals surface area contributed by atoms with Gasteiger partial charge in [-0.2, -0.15) is 16.8 Å². The summed E-state index contributed by atoms with van der Waals surface area (Å²) in [7, 11) is -10.00. The molecule has 2 N–H and O–H groups in total. The highest BCUT2D eigenvalue weighted by Crippen LogP contribution is 2.26. The maximum absolute atomic E-state index is 14.1. The van der Waals surface area contributed by atoms with E-state index in [-0.39, 0.29) is 49.7 Å². The van der Waals surface area contributed by atoms with E-state index in [1.54, 1.807) is 48.5 Å². The van der Waals surface area contributed by atoms with Crippen molar-refractivity contribution in [2.24, 2.45) is 0 Å². The second-order valence-corrected chi connectivity index (χ2v) is 12.8. The Labute approximate surface area is 257 Å². The molecule has 45 heavy (non-hydrogen) atoms. The van der Waals surface area contributed by atoms with E-state index >= 15 is 0 Å². The van der Waals surface area contributed by atoms with Crippen LogP contribution < -0.4 is 16.0 Å². The van der Waals surface area contributed by atoms with Crippen molar-refractivity contribution < 1.29 is 40.2 Å². The second kappa shape index (κ2) is 12.8. The molecule has 14 nitrogen and oxygen atoms in total. The van der Waals surface area contributed by atoms with Crippen LogP contribution in [0.2, 0.25) is 0 Å². The van der Waals surface area contributed by atoms with Crippen molar-refractivity contribution in [2.75, 3.05) is 26.3 Å². The van der Waals surface area contributed by atoms with Gasteiger partial charge in [-0.25, -0.2) is 14.2 Å². The number of nitrogens with zero attached hydrogens (tertiary/aromatic N) is 3. The molecule has 1 aliphatic heterocycles. The zero-order valence-corrected chi connectivity index (χ0v) is 25.1. The summed E-state index contributed by atoms with van der Waals surface area (Å²) in [6, 6.07) is 18.9. The molecule has 1 aliphatic rings. The number of amides is 1. The third-order valence-corrected chi connectivity index (χ3v) is 8.81. The molecule has 236 valence electrons. The van der Waals surface area contributed by atoms with Gasteiger partial charge in [0.05, 0.1) is 40.8 Å². The van der Waals surface area contributed by atoms with Gasteiger partial charge in [-0.05, 0) is 35.4 Å². The van der Waals surface area contributed by atoms with E-state index in [4.69, 9.17) is 9.47 Å². The van der Waals surface area contributed by atoms with Crippen molar-refractivity contribution in [1.82, 2.24) is 14.0 Å². The predicted octanol–water partition coefficient (Wildman–Crippen LogP) is 1.96. The first kappa shape index (κ1) is 31.8. The zero-order valence-electron chi connectivity index (χ0n) is 23.5. The number of carbonyl (C=O) groups is 1. The molecule has 1 saturated heterocycles. The van der Waals surface area contributed by atoms with Gasteiger partial charge in [-0.1, -0.05) is 54.6 Å². The molecular weight excluding hydrogens is 630 g/mol. The highest BCUT2D eigenvalue weighted by molar-refractivity contribution is 7.86. The number of rotatable bonds is 8. The average molecular weight is 658 g/mol. The van der Waals surface area contributed by atoms with Gasteiger partial charge in [0.25, 0.3) is 25.8 Å². The third kappa shape index (κ3) is 7.05. The minimum Gasteiger partial charge on any atom is -0.392 e. The van der Waals surface area contributed by atoms with Crippen LogP contribution in [0.15, 0.2) is 98.2 Å². The zero-order chi connectivity index (χ0) is 32.4. The summed E-state index contributed by atoms with van der Waals surface area (Å²) in [6.07, 6.45) is -1.54. The number of hydrogen-bond donors (Lipinski definition) is 2. The maximum Gasteiger partial charge on any atom is 0.416 e. The van der Waals surface area contributed by atoms with Crippen LogP contribution in [0.4, 0.5) is 4.79 Å². The molecule has 0 unspecified atom stereocenters. The Kier molecular flexibility index (Phi) is 9.03. The Morgan fingerprint density at radius 2 is 1.47 bits per heavy atom. The number of ether oxygens (including phenoxy) is 2. The van der Waals surface area contributed by atoms with E-state index in [0.717, 1.165) is 21.3 Å². The molecule has 2 heterocycles. The standard InChI is InChI=1S/C29H27N3O11S2/c33-26-24(17-21-11-12-23(44(36,37)38)18-25(21)45(39,40)41)27(43-29(35)30-13-15-42-16-14-30)31(19-20-7-3-1-4-8-20)28(34)32(26)22-9-5-2-6-10-22/h1-12,18H,13-17,19H2,(H,36,37,38)(H,39,40,41). The van der Waals surface area contributed by atoms with Crippen molar-refractivity contribution in [2.45, 2.75) is 22.8 Å². The minimum atomic E-state index is -5.11. The van der Waals surface area contributed by atoms with Gasteiger partial charge >= 0.3 is 11.8 Å². The van der Waals surface area contributed by atoms with E-state index in [9.17, 15) is 40.3 Å². The van der Waals surface area contributed by atoms with Crippen LogP contribution in [0.25, 0.3) is 5.69 Å². The Hall–Kier alpha value is -4.61. The van der Waals surface area contributed by atoms with Gasteiger partial charge < -0.3 is 14.4 Å². The quantitative estimate of drug-likeness (QED) is 0.263. The molecule has 16 heteroatoms. The van der Waals surface area contributed by atoms with Crippen LogP contribution >= 0.6 is 0 Å². The molecule has 4 aromatic rings. The number of para-hydroxylation sites is 1. The van der Waals surface area contributed by atoms with Crippen LogP contribution in [0.1, 0.15) is 16.7 Å². The molecule has 0 bridgehead atoms. The van der Waals surface area contributed by atoms with Crippen molar-refractivity contribution in [3.05, 3.63) is 116 Å². The Bertz CT molecular complexity index is 2070. The second-order valence-electron chi connectivity index (χ2n) is 9.98. The molecule has 0 radical (unpaired) electrons. The predicted molar refractivity (Wildman–Crippen MR) is 159 cm³/mol. The van der Waals surface area contributed by atoms with Crippen LogP contribution in [0, 0.1) is 0 Å². The van der Waals surface area contributed by atoms with E-state index in [0.29, 0.717) is 11.6 Å². The normalized spacial score (nSPS) is 13.9. The van der Waals surface area contributed by atoms with Gasteiger partial charge in [0, 0.05) is 19.5 Å². The summed E-state index contributed by atoms with van der Waals surface area (Å²) in [6.45, 7) is 0.626. The maximum atomic E-state index is 14.1. The number of hydrogen-bond acceptors (Lipinski definition) is 9. The lowest BCUT2D eigenvalue weighted by molar-refractivity contribution is 0.0406. The van der Waals surface area contributed by atoms with Crippen LogP contribution in [-0.2, 0) is 37.9 Å². The van der Waals surface area contributed by atoms with E-state index in [2.05, 4.69) is 0 Å². The summed E-state index contributed by atoms with van der Waals surface area (Å²) in [4.78, 5) is 41.1. The molecule has 1 amide bonds. The lowest BCUT2D eigenvalue weighted by Crippen LogP contribution is -2.45. The fourth-order valence-electron chi connectivity index (χ4n) is 4.83. The lowest BCUT2D eigenvalue weighted by atomic mass is 10.1. The topological polar surface area (TPSA) is 192 Å². The Balaban J connectivity index is 1.79. The van der Waals surface area contributed by atoms with Crippen molar-refractivity contribution in [3.8, 4) is 11.6 Å². The van der Waals surface area contributed by atoms with Crippen LogP contribution in [-0.4, -0.2) is 72.4 Å². The molecular formula is C29H27N3O11S2. The number of benzene rings is 3. The van der Waals surface area contributed by atoms with Crippen molar-refractivity contribution >= 4 is 26.3 Å². The van der Waals surface area contributed by atoms with E-state index < -0.39 is 59.7 Å². The fourth-order valence-corrected chi connectivity index (χ4v) is 6.16. The SMILES string of the molecule is O=C(Oc1c(Cc2ccc(S(=O)(=O)O)cc2S(=O)(=O)O)c(=O)n(-c2ccccc2)c(=O)n1Cc1ccccc1)N1CCOCC1. The van der Waals surface area contributed by atoms with Gasteiger partial charge in [-0.15, -0.1) is 0 Å². The number of carbonyl (C=O) groups excluding carboxylic acids is 1. The smallest absolute Gasteiger partial charge is 0.392 e. The van der Waals surface area contributed by atoms with Crippen molar-refractivity contribution in [3.63, 3.8) is 0 Å². The van der Waals surface area contributed by atoms with Crippen LogP contribution in [0.3, 0.4) is 0 Å². The highest BCUT2D eigenvalue weighted by Gasteiger charge is 2.29. The molecule has 1 fully saturated rings. The highest BCUT2D eigenvalue weighted by atomic mass is 32.2. The van der Waals surface area contributed by atoms with E-state index in [1.165, 1.54) is 17.0 Å². The van der Waals surface area contributed by atoms with E-state index in [1.807, 2.05) is 0 Å². The summed E-state index contributed by atoms with van der Waals surface area (Å²) in [5, 5.41) is 0. The van der Waals surface area contributed by atoms with Gasteiger partial charge in [0.15, 0.2) is 0 Å². The Morgan fingerprint density at radius 1 is 0.844 bits per heavy atom. The molecule has 0 saturated carbocycles. The lowest BCUT2D eigenvalue weighted by Gasteiger charge is -2.27. The van der Waals surface area contributed by atoms with Gasteiger partial charge in [0.1, 0.15) is 0 Å². The van der Waals surface area contributed by atoms with Gasteiger partial charge in [-0.3, -0.25) is 18.5 Å². The number of morpholine rings is 1.